The Kier molecular flexibility index (Phi) is 5.98. The van der Waals surface area contributed by atoms with Crippen molar-refractivity contribution < 1.29 is 14.3 Å². The second-order valence-electron chi connectivity index (χ2n) is 6.90. The number of amides is 1. The van der Waals surface area contributed by atoms with Crippen LogP contribution < -0.4 is 14.8 Å². The summed E-state index contributed by atoms with van der Waals surface area (Å²) in [5.74, 6) is 1.09. The highest BCUT2D eigenvalue weighted by atomic mass is 16.5. The van der Waals surface area contributed by atoms with Crippen LogP contribution in [0, 0.1) is 0 Å². The number of aromatic nitrogens is 2. The molecule has 0 unspecified atom stereocenters. The summed E-state index contributed by atoms with van der Waals surface area (Å²) >= 11 is 0. The van der Waals surface area contributed by atoms with Crippen LogP contribution >= 0.6 is 0 Å². The Balaban J connectivity index is 1.72. The first-order valence-electron chi connectivity index (χ1n) is 9.89. The highest BCUT2D eigenvalue weighted by Gasteiger charge is 2.19. The summed E-state index contributed by atoms with van der Waals surface area (Å²) in [4.78, 5) is 13.1. The predicted molar refractivity (Wildman–Crippen MR) is 120 cm³/mol. The molecular formula is C25H23N3O3. The van der Waals surface area contributed by atoms with E-state index in [1.165, 1.54) is 0 Å². The molecule has 6 nitrogen and oxygen atoms in total. The van der Waals surface area contributed by atoms with Crippen LogP contribution in [0.3, 0.4) is 0 Å². The molecule has 0 aliphatic carbocycles. The van der Waals surface area contributed by atoms with Gasteiger partial charge in [-0.2, -0.15) is 5.10 Å². The third-order valence-electron chi connectivity index (χ3n) is 4.92. The zero-order chi connectivity index (χ0) is 21.6. The standard InChI is InChI=1S/C25H23N3O3/c1-30-20-13-14-21(24(15-20)31-2)22-16-23(28(27-22)19-11-7-4-8-12-19)25(29)26-17-18-9-5-3-6-10-18/h3-16H,17H2,1-2H3,(H,26,29). The van der Waals surface area contributed by atoms with Gasteiger partial charge in [-0.05, 0) is 35.9 Å². The molecular weight excluding hydrogens is 390 g/mol. The van der Waals surface area contributed by atoms with Gasteiger partial charge in [-0.1, -0.05) is 48.5 Å². The molecule has 0 radical (unpaired) electrons. The van der Waals surface area contributed by atoms with Gasteiger partial charge >= 0.3 is 0 Å². The Morgan fingerprint density at radius 3 is 2.29 bits per heavy atom. The van der Waals surface area contributed by atoms with Crippen molar-refractivity contribution in [1.82, 2.24) is 15.1 Å². The van der Waals surface area contributed by atoms with Gasteiger partial charge in [0, 0.05) is 18.2 Å². The van der Waals surface area contributed by atoms with Gasteiger partial charge in [0.1, 0.15) is 17.2 Å². The van der Waals surface area contributed by atoms with Gasteiger partial charge in [0.05, 0.1) is 25.6 Å². The Hall–Kier alpha value is -4.06. The van der Waals surface area contributed by atoms with E-state index in [0.717, 1.165) is 16.8 Å². The largest absolute Gasteiger partial charge is 0.497 e. The van der Waals surface area contributed by atoms with Crippen LogP contribution in [0.25, 0.3) is 16.9 Å². The number of nitrogens with zero attached hydrogens (tertiary/aromatic N) is 2. The van der Waals surface area contributed by atoms with E-state index in [0.29, 0.717) is 29.4 Å². The van der Waals surface area contributed by atoms with Gasteiger partial charge in [0.25, 0.3) is 5.91 Å². The van der Waals surface area contributed by atoms with Crippen molar-refractivity contribution in [2.24, 2.45) is 0 Å². The lowest BCUT2D eigenvalue weighted by atomic mass is 10.1. The molecule has 4 aromatic rings. The minimum atomic E-state index is -0.209. The van der Waals surface area contributed by atoms with Crippen molar-refractivity contribution in [1.29, 1.82) is 0 Å². The molecule has 3 aromatic carbocycles. The van der Waals surface area contributed by atoms with Gasteiger partial charge in [-0.15, -0.1) is 0 Å². The van der Waals surface area contributed by atoms with Crippen molar-refractivity contribution in [3.05, 3.63) is 96.2 Å². The minimum Gasteiger partial charge on any atom is -0.497 e. The molecule has 0 saturated carbocycles. The lowest BCUT2D eigenvalue weighted by Crippen LogP contribution is -2.25. The third-order valence-corrected chi connectivity index (χ3v) is 4.92. The van der Waals surface area contributed by atoms with Crippen LogP contribution in [0.1, 0.15) is 16.1 Å². The Bertz CT molecular complexity index is 1170. The van der Waals surface area contributed by atoms with Crippen LogP contribution in [0.15, 0.2) is 84.9 Å². The number of rotatable bonds is 7. The number of hydrogen-bond donors (Lipinski definition) is 1. The smallest absolute Gasteiger partial charge is 0.270 e. The average molecular weight is 413 g/mol. The van der Waals surface area contributed by atoms with Crippen molar-refractivity contribution in [2.75, 3.05) is 14.2 Å². The molecule has 156 valence electrons. The maximum absolute atomic E-state index is 13.1. The number of para-hydroxylation sites is 1. The fourth-order valence-corrected chi connectivity index (χ4v) is 3.32. The third kappa shape index (κ3) is 4.43. The van der Waals surface area contributed by atoms with Gasteiger partial charge in [-0.3, -0.25) is 4.79 Å². The molecule has 1 heterocycles. The number of hydrogen-bond acceptors (Lipinski definition) is 4. The number of carbonyl (C=O) groups excluding carboxylic acids is 1. The quantitative estimate of drug-likeness (QED) is 0.485. The molecule has 0 fully saturated rings. The Morgan fingerprint density at radius 1 is 0.903 bits per heavy atom. The van der Waals surface area contributed by atoms with Crippen LogP contribution in [0.4, 0.5) is 0 Å². The molecule has 0 atom stereocenters. The van der Waals surface area contributed by atoms with Crippen LogP contribution in [-0.2, 0) is 6.54 Å². The normalized spacial score (nSPS) is 10.5. The second kappa shape index (κ2) is 9.17. The van der Waals surface area contributed by atoms with E-state index >= 15 is 0 Å². The highest BCUT2D eigenvalue weighted by Crippen LogP contribution is 2.33. The van der Waals surface area contributed by atoms with Crippen LogP contribution in [0.5, 0.6) is 11.5 Å². The topological polar surface area (TPSA) is 65.4 Å². The summed E-state index contributed by atoms with van der Waals surface area (Å²) in [5.41, 5.74) is 3.67. The van der Waals surface area contributed by atoms with Gasteiger partial charge < -0.3 is 14.8 Å². The highest BCUT2D eigenvalue weighted by molar-refractivity contribution is 5.94. The molecule has 6 heteroatoms. The molecule has 1 amide bonds. The summed E-state index contributed by atoms with van der Waals surface area (Å²) in [6.45, 7) is 0.431. The van der Waals surface area contributed by atoms with Crippen LogP contribution in [0.2, 0.25) is 0 Å². The molecule has 4 rings (SSSR count). The number of methoxy groups -OCH3 is 2. The average Bonchev–Trinajstić information content (AvgIpc) is 3.28. The Morgan fingerprint density at radius 2 is 1.61 bits per heavy atom. The number of nitrogens with one attached hydrogen (secondary N) is 1. The first kappa shape index (κ1) is 20.2. The van der Waals surface area contributed by atoms with Crippen LogP contribution in [-0.4, -0.2) is 29.9 Å². The lowest BCUT2D eigenvalue weighted by molar-refractivity contribution is 0.0943. The van der Waals surface area contributed by atoms with E-state index in [2.05, 4.69) is 5.32 Å². The van der Waals surface area contributed by atoms with E-state index in [9.17, 15) is 4.79 Å². The fourth-order valence-electron chi connectivity index (χ4n) is 3.32. The molecule has 0 aliphatic rings. The van der Waals surface area contributed by atoms with E-state index in [1.807, 2.05) is 72.8 Å². The van der Waals surface area contributed by atoms with E-state index in [1.54, 1.807) is 31.0 Å². The lowest BCUT2D eigenvalue weighted by Gasteiger charge is -2.09. The maximum atomic E-state index is 13.1. The fraction of sp³-hybridized carbons (Fsp3) is 0.120. The summed E-state index contributed by atoms with van der Waals surface area (Å²) in [6.07, 6.45) is 0. The number of ether oxygens (including phenoxy) is 2. The van der Waals surface area contributed by atoms with Crippen molar-refractivity contribution in [2.45, 2.75) is 6.54 Å². The zero-order valence-corrected chi connectivity index (χ0v) is 17.4. The monoisotopic (exact) mass is 413 g/mol. The molecule has 0 saturated heterocycles. The summed E-state index contributed by atoms with van der Waals surface area (Å²) in [7, 11) is 3.20. The first-order valence-corrected chi connectivity index (χ1v) is 9.89. The van der Waals surface area contributed by atoms with Gasteiger partial charge in [-0.25, -0.2) is 4.68 Å². The predicted octanol–water partition coefficient (Wildman–Crippen LogP) is 4.49. The van der Waals surface area contributed by atoms with E-state index < -0.39 is 0 Å². The molecule has 1 aromatic heterocycles. The first-order chi connectivity index (χ1) is 15.2. The summed E-state index contributed by atoms with van der Waals surface area (Å²) in [6, 6.07) is 26.7. The number of carbonyl (C=O) groups is 1. The van der Waals surface area contributed by atoms with E-state index in [-0.39, 0.29) is 5.91 Å². The van der Waals surface area contributed by atoms with E-state index in [4.69, 9.17) is 14.6 Å². The molecule has 0 bridgehead atoms. The van der Waals surface area contributed by atoms with Gasteiger partial charge in [0.2, 0.25) is 0 Å². The minimum absolute atomic E-state index is 0.209. The SMILES string of the molecule is COc1ccc(-c2cc(C(=O)NCc3ccccc3)n(-c3ccccc3)n2)c(OC)c1. The van der Waals surface area contributed by atoms with Crippen molar-refractivity contribution in [3.63, 3.8) is 0 Å². The number of benzene rings is 3. The summed E-state index contributed by atoms with van der Waals surface area (Å²) < 4.78 is 12.5. The van der Waals surface area contributed by atoms with Crippen molar-refractivity contribution >= 4 is 5.91 Å². The van der Waals surface area contributed by atoms with Gasteiger partial charge in [0.15, 0.2) is 0 Å². The molecule has 0 aliphatic heterocycles. The molecule has 31 heavy (non-hydrogen) atoms. The summed E-state index contributed by atoms with van der Waals surface area (Å²) in [5, 5.41) is 7.71. The second-order valence-corrected chi connectivity index (χ2v) is 6.90. The molecule has 0 spiro atoms. The molecule has 1 N–H and O–H groups in total. The maximum Gasteiger partial charge on any atom is 0.270 e. The Labute approximate surface area is 181 Å². The zero-order valence-electron chi connectivity index (χ0n) is 17.4. The van der Waals surface area contributed by atoms with Crippen molar-refractivity contribution in [3.8, 4) is 28.4 Å².